The predicted molar refractivity (Wildman–Crippen MR) is 123 cm³/mol. The predicted octanol–water partition coefficient (Wildman–Crippen LogP) is 4.78. The second kappa shape index (κ2) is 8.78. The average molecular weight is 464 g/mol. The fourth-order valence-electron chi connectivity index (χ4n) is 3.58. The van der Waals surface area contributed by atoms with Gasteiger partial charge >= 0.3 is 0 Å². The summed E-state index contributed by atoms with van der Waals surface area (Å²) in [6, 6.07) is 19.0. The maximum absolute atomic E-state index is 14.8. The highest BCUT2D eigenvalue weighted by Crippen LogP contribution is 2.36. The molecule has 8 heteroatoms. The first kappa shape index (κ1) is 21.3. The van der Waals surface area contributed by atoms with Crippen molar-refractivity contribution in [2.24, 2.45) is 0 Å². The van der Waals surface area contributed by atoms with Crippen LogP contribution in [0.5, 0.6) is 0 Å². The van der Waals surface area contributed by atoms with Gasteiger partial charge in [0, 0.05) is 12.1 Å². The summed E-state index contributed by atoms with van der Waals surface area (Å²) < 4.78 is 29.5. The summed E-state index contributed by atoms with van der Waals surface area (Å²) in [5, 5.41) is 2.73. The summed E-state index contributed by atoms with van der Waals surface area (Å²) in [7, 11) is 0. The number of benzene rings is 3. The molecule has 1 aliphatic rings. The molecule has 3 aromatic carbocycles. The van der Waals surface area contributed by atoms with E-state index in [2.05, 4.69) is 10.3 Å². The Bertz CT molecular complexity index is 1400. The summed E-state index contributed by atoms with van der Waals surface area (Å²) in [5.74, 6) is -1.85. The smallest absolute Gasteiger partial charge is 0.266 e. The van der Waals surface area contributed by atoms with E-state index in [9.17, 15) is 18.4 Å². The normalized spacial score (nSPS) is 14.2. The molecule has 0 spiro atoms. The number of fused-ring (bicyclic) bond motifs is 1. The highest BCUT2D eigenvalue weighted by atomic mass is 32.2. The fourth-order valence-corrected chi connectivity index (χ4v) is 4.69. The quantitative estimate of drug-likeness (QED) is 0.330. The van der Waals surface area contributed by atoms with Gasteiger partial charge in [-0.25, -0.2) is 13.8 Å². The molecule has 1 amide bonds. The third-order valence-corrected chi connectivity index (χ3v) is 6.59. The highest BCUT2D eigenvalue weighted by Gasteiger charge is 2.31. The zero-order chi connectivity index (χ0) is 22.9. The maximum Gasteiger partial charge on any atom is 0.266 e. The van der Waals surface area contributed by atoms with Crippen LogP contribution in [0.1, 0.15) is 23.7 Å². The Morgan fingerprint density at radius 3 is 2.48 bits per heavy atom. The fraction of sp³-hybridized carbons (Fsp3) is 0.160. The van der Waals surface area contributed by atoms with Crippen molar-refractivity contribution in [2.45, 2.75) is 29.3 Å². The Morgan fingerprint density at radius 2 is 1.76 bits per heavy atom. The Kier molecular flexibility index (Phi) is 5.68. The van der Waals surface area contributed by atoms with Crippen LogP contribution in [-0.4, -0.2) is 21.5 Å². The molecule has 1 heterocycles. The van der Waals surface area contributed by atoms with Crippen LogP contribution in [0, 0.1) is 11.6 Å². The number of carbonyl (C=O) groups is 1. The van der Waals surface area contributed by atoms with Gasteiger partial charge in [0.25, 0.3) is 5.56 Å². The van der Waals surface area contributed by atoms with E-state index in [-0.39, 0.29) is 22.8 Å². The van der Waals surface area contributed by atoms with Gasteiger partial charge in [-0.1, -0.05) is 54.2 Å². The number of para-hydroxylation sites is 1. The summed E-state index contributed by atoms with van der Waals surface area (Å²) in [4.78, 5) is 31.2. The van der Waals surface area contributed by atoms with Crippen LogP contribution < -0.4 is 10.9 Å². The molecule has 0 radical (unpaired) electrons. The van der Waals surface area contributed by atoms with Crippen LogP contribution in [0.3, 0.4) is 0 Å². The van der Waals surface area contributed by atoms with E-state index in [4.69, 9.17) is 0 Å². The Balaban J connectivity index is 1.68. The third kappa shape index (κ3) is 4.39. The minimum Gasteiger partial charge on any atom is -0.352 e. The SMILES string of the molecule is O=C(NC1CC1)C(Sc1nc2ccccc2c(=O)n1-c1ccc(F)cc1F)c1ccccc1. The molecule has 1 N–H and O–H groups in total. The van der Waals surface area contributed by atoms with E-state index in [0.717, 1.165) is 46.9 Å². The molecule has 0 bridgehead atoms. The number of thioether (sulfide) groups is 1. The van der Waals surface area contributed by atoms with E-state index < -0.39 is 22.4 Å². The number of rotatable bonds is 6. The molecule has 0 saturated heterocycles. The molecular weight excluding hydrogens is 444 g/mol. The second-order valence-electron chi connectivity index (χ2n) is 7.84. The van der Waals surface area contributed by atoms with Gasteiger partial charge in [0.05, 0.1) is 16.6 Å². The van der Waals surface area contributed by atoms with Gasteiger partial charge in [0.2, 0.25) is 5.91 Å². The van der Waals surface area contributed by atoms with Crippen LogP contribution in [0.2, 0.25) is 0 Å². The van der Waals surface area contributed by atoms with Crippen molar-refractivity contribution in [3.63, 3.8) is 0 Å². The van der Waals surface area contributed by atoms with Crippen molar-refractivity contribution >= 4 is 28.6 Å². The molecule has 1 atom stereocenters. The van der Waals surface area contributed by atoms with Gasteiger partial charge < -0.3 is 5.32 Å². The maximum atomic E-state index is 14.8. The Hall–Kier alpha value is -3.52. The number of amides is 1. The molecule has 5 rings (SSSR count). The van der Waals surface area contributed by atoms with Gasteiger partial charge in [-0.05, 0) is 42.7 Å². The van der Waals surface area contributed by atoms with Gasteiger partial charge in [0.1, 0.15) is 16.9 Å². The summed E-state index contributed by atoms with van der Waals surface area (Å²) in [6.45, 7) is 0. The van der Waals surface area contributed by atoms with E-state index in [1.165, 1.54) is 6.07 Å². The van der Waals surface area contributed by atoms with Gasteiger partial charge in [0.15, 0.2) is 5.16 Å². The van der Waals surface area contributed by atoms with Crippen LogP contribution >= 0.6 is 11.8 Å². The zero-order valence-electron chi connectivity index (χ0n) is 17.4. The molecule has 1 aliphatic carbocycles. The molecule has 4 aromatic rings. The number of nitrogens with zero attached hydrogens (tertiary/aromatic N) is 2. The number of hydrogen-bond donors (Lipinski definition) is 1. The lowest BCUT2D eigenvalue weighted by Crippen LogP contribution is -2.30. The molecule has 1 saturated carbocycles. The lowest BCUT2D eigenvalue weighted by Gasteiger charge is -2.19. The largest absolute Gasteiger partial charge is 0.352 e. The van der Waals surface area contributed by atoms with E-state index >= 15 is 0 Å². The zero-order valence-corrected chi connectivity index (χ0v) is 18.2. The van der Waals surface area contributed by atoms with Crippen molar-refractivity contribution < 1.29 is 13.6 Å². The summed E-state index contributed by atoms with van der Waals surface area (Å²) in [6.07, 6.45) is 1.86. The van der Waals surface area contributed by atoms with Gasteiger partial charge in [-0.15, -0.1) is 0 Å². The van der Waals surface area contributed by atoms with Crippen molar-refractivity contribution in [3.8, 4) is 5.69 Å². The van der Waals surface area contributed by atoms with Crippen LogP contribution in [0.4, 0.5) is 8.78 Å². The van der Waals surface area contributed by atoms with Crippen molar-refractivity contribution in [3.05, 3.63) is 100 Å². The Labute approximate surface area is 192 Å². The highest BCUT2D eigenvalue weighted by molar-refractivity contribution is 8.00. The first-order valence-electron chi connectivity index (χ1n) is 10.5. The standard InChI is InChI=1S/C25H19F2N3O2S/c26-16-10-13-21(19(27)14-16)30-24(32)18-8-4-5-9-20(18)29-25(30)33-22(15-6-2-1-3-7-15)23(31)28-17-11-12-17/h1-10,13-14,17,22H,11-12H2,(H,28,31). The Morgan fingerprint density at radius 1 is 1.03 bits per heavy atom. The number of nitrogens with one attached hydrogen (secondary N) is 1. The minimum atomic E-state index is -0.894. The number of halogens is 2. The molecular formula is C25H19F2N3O2S. The van der Waals surface area contributed by atoms with Gasteiger partial charge in [-0.2, -0.15) is 0 Å². The molecule has 1 fully saturated rings. The summed E-state index contributed by atoms with van der Waals surface area (Å²) in [5.41, 5.74) is 0.534. The molecule has 33 heavy (non-hydrogen) atoms. The number of hydrogen-bond acceptors (Lipinski definition) is 4. The topological polar surface area (TPSA) is 64.0 Å². The molecule has 1 unspecified atom stereocenters. The van der Waals surface area contributed by atoms with Crippen molar-refractivity contribution in [2.75, 3.05) is 0 Å². The van der Waals surface area contributed by atoms with Crippen LogP contribution in [-0.2, 0) is 4.79 Å². The first-order chi connectivity index (χ1) is 16.0. The minimum absolute atomic E-state index is 0.128. The molecule has 166 valence electrons. The lowest BCUT2D eigenvalue weighted by molar-refractivity contribution is -0.120. The number of aromatic nitrogens is 2. The van der Waals surface area contributed by atoms with E-state index in [1.54, 1.807) is 24.3 Å². The lowest BCUT2D eigenvalue weighted by atomic mass is 10.1. The monoisotopic (exact) mass is 463 g/mol. The second-order valence-corrected chi connectivity index (χ2v) is 8.91. The van der Waals surface area contributed by atoms with E-state index in [1.807, 2.05) is 30.3 Å². The molecule has 1 aromatic heterocycles. The van der Waals surface area contributed by atoms with Crippen LogP contribution in [0.15, 0.2) is 82.7 Å². The van der Waals surface area contributed by atoms with Gasteiger partial charge in [-0.3, -0.25) is 14.2 Å². The molecule has 5 nitrogen and oxygen atoms in total. The van der Waals surface area contributed by atoms with Crippen LogP contribution in [0.25, 0.3) is 16.6 Å². The molecule has 0 aliphatic heterocycles. The first-order valence-corrected chi connectivity index (χ1v) is 11.4. The number of carbonyl (C=O) groups excluding carboxylic acids is 1. The van der Waals surface area contributed by atoms with Crippen molar-refractivity contribution in [1.82, 2.24) is 14.9 Å². The average Bonchev–Trinajstić information content (AvgIpc) is 3.63. The summed E-state index contributed by atoms with van der Waals surface area (Å²) >= 11 is 1.06. The van der Waals surface area contributed by atoms with Crippen molar-refractivity contribution in [1.29, 1.82) is 0 Å². The van der Waals surface area contributed by atoms with E-state index in [0.29, 0.717) is 10.9 Å². The third-order valence-electron chi connectivity index (χ3n) is 5.38.